The van der Waals surface area contributed by atoms with Crippen molar-refractivity contribution in [3.05, 3.63) is 29.1 Å². The second kappa shape index (κ2) is 10.8. The van der Waals surface area contributed by atoms with E-state index >= 15 is 0 Å². The normalized spacial score (nSPS) is 26.7. The minimum atomic E-state index is -4.45. The van der Waals surface area contributed by atoms with E-state index in [4.69, 9.17) is 16.3 Å². The van der Waals surface area contributed by atoms with Gasteiger partial charge in [-0.1, -0.05) is 0 Å². The van der Waals surface area contributed by atoms with Gasteiger partial charge in [0.15, 0.2) is 6.30 Å². The predicted molar refractivity (Wildman–Crippen MR) is 126 cm³/mol. The van der Waals surface area contributed by atoms with Crippen LogP contribution >= 0.6 is 11.6 Å². The third kappa shape index (κ3) is 7.04. The number of hydrogen-bond acceptors (Lipinski definition) is 6. The Balaban J connectivity index is 1.37. The Morgan fingerprint density at radius 2 is 1.84 bits per heavy atom. The van der Waals surface area contributed by atoms with E-state index in [1.165, 1.54) is 6.07 Å². The van der Waals surface area contributed by atoms with E-state index in [1.807, 2.05) is 0 Å². The van der Waals surface area contributed by atoms with Gasteiger partial charge < -0.3 is 4.74 Å². The first-order valence-corrected chi connectivity index (χ1v) is 14.4. The Morgan fingerprint density at radius 3 is 2.41 bits per heavy atom. The fourth-order valence-corrected chi connectivity index (χ4v) is 5.63. The molecular formula is C23H29ClF5N3O4S. The van der Waals surface area contributed by atoms with Gasteiger partial charge in [0.2, 0.25) is 10.0 Å². The summed E-state index contributed by atoms with van der Waals surface area (Å²) in [6.45, 7) is 0.400. The first-order valence-electron chi connectivity index (χ1n) is 12.1. The van der Waals surface area contributed by atoms with Crippen molar-refractivity contribution >= 4 is 27.5 Å². The van der Waals surface area contributed by atoms with Gasteiger partial charge >= 0.3 is 6.18 Å². The van der Waals surface area contributed by atoms with Crippen LogP contribution in [0, 0.1) is 17.7 Å². The highest BCUT2D eigenvalue weighted by molar-refractivity contribution is 7.89. The molecule has 1 amide bonds. The van der Waals surface area contributed by atoms with Crippen LogP contribution in [0.15, 0.2) is 12.1 Å². The summed E-state index contributed by atoms with van der Waals surface area (Å²) in [6.07, 6.45) is -3.09. The van der Waals surface area contributed by atoms with Gasteiger partial charge in [-0.05, 0) is 55.6 Å². The minimum Gasteiger partial charge on any atom is -0.493 e. The number of amides is 1. The number of rotatable bonds is 7. The van der Waals surface area contributed by atoms with Gasteiger partial charge in [0.1, 0.15) is 11.6 Å². The maximum absolute atomic E-state index is 14.7. The molecule has 1 aromatic rings. The zero-order valence-corrected chi connectivity index (χ0v) is 21.7. The minimum absolute atomic E-state index is 0.00707. The molecule has 2 heterocycles. The van der Waals surface area contributed by atoms with Gasteiger partial charge in [0.25, 0.3) is 5.91 Å². The van der Waals surface area contributed by atoms with E-state index < -0.39 is 58.5 Å². The van der Waals surface area contributed by atoms with Crippen molar-refractivity contribution in [2.45, 2.75) is 55.9 Å². The maximum Gasteiger partial charge on any atom is 0.393 e. The molecule has 37 heavy (non-hydrogen) atoms. The molecule has 1 aliphatic carbocycles. The number of nitrogens with one attached hydrogen (secondary N) is 1. The van der Waals surface area contributed by atoms with Gasteiger partial charge in [-0.15, -0.1) is 11.6 Å². The van der Waals surface area contributed by atoms with Crippen LogP contribution in [0.3, 0.4) is 0 Å². The molecule has 4 rings (SSSR count). The van der Waals surface area contributed by atoms with Crippen LogP contribution < -0.4 is 9.46 Å². The number of nitrogens with zero attached hydrogens (tertiary/aromatic N) is 2. The van der Waals surface area contributed by atoms with Gasteiger partial charge in [-0.2, -0.15) is 13.2 Å². The maximum atomic E-state index is 14.7. The van der Waals surface area contributed by atoms with Crippen LogP contribution in [0.2, 0.25) is 0 Å². The Hall–Kier alpha value is -1.70. The van der Waals surface area contributed by atoms with E-state index in [-0.39, 0.29) is 29.8 Å². The molecule has 2 aliphatic heterocycles. The second-order valence-corrected chi connectivity index (χ2v) is 12.3. The number of sulfonamides is 1. The molecule has 1 N–H and O–H groups in total. The number of hydrazine groups is 1. The van der Waals surface area contributed by atoms with Crippen LogP contribution in [0.4, 0.5) is 22.0 Å². The lowest BCUT2D eigenvalue weighted by molar-refractivity contribution is -0.225. The average molecular weight is 574 g/mol. The molecule has 3 unspecified atom stereocenters. The number of alkyl halides is 5. The number of carbonyl (C=O) groups is 1. The van der Waals surface area contributed by atoms with E-state index in [2.05, 4.69) is 0 Å². The lowest BCUT2D eigenvalue weighted by Crippen LogP contribution is -2.59. The smallest absolute Gasteiger partial charge is 0.393 e. The molecular weight excluding hydrogens is 545 g/mol. The summed E-state index contributed by atoms with van der Waals surface area (Å²) in [4.78, 5) is 12.2. The van der Waals surface area contributed by atoms with Crippen molar-refractivity contribution in [1.82, 2.24) is 14.7 Å². The Kier molecular flexibility index (Phi) is 8.28. The molecule has 0 spiro atoms. The number of benzene rings is 1. The highest BCUT2D eigenvalue weighted by Crippen LogP contribution is 2.45. The summed E-state index contributed by atoms with van der Waals surface area (Å²) in [5.74, 6) is -3.31. The molecule has 7 nitrogen and oxygen atoms in total. The standard InChI is InChI=1S/C23H29ClF5N3O4S/c1-37(34,35)30-22(33)17-9-16(14-2-3-14)20(10-19(17)25)36-12-13-4-6-31(7-5-13)32-11-15(23(27,28)29)8-18(24)21(32)26/h9-10,13-15,18,21H,2-8,11-12H2,1H3,(H,30,33). The van der Waals surface area contributed by atoms with Gasteiger partial charge in [0, 0.05) is 25.7 Å². The molecule has 208 valence electrons. The summed E-state index contributed by atoms with van der Waals surface area (Å²) in [5, 5.41) is 1.43. The molecule has 3 aliphatic rings. The lowest BCUT2D eigenvalue weighted by atomic mass is 9.96. The molecule has 0 radical (unpaired) electrons. The molecule has 1 saturated carbocycles. The number of carbonyl (C=O) groups excluding carboxylic acids is 1. The van der Waals surface area contributed by atoms with Crippen molar-refractivity contribution in [1.29, 1.82) is 0 Å². The van der Waals surface area contributed by atoms with Crippen molar-refractivity contribution in [2.24, 2.45) is 11.8 Å². The van der Waals surface area contributed by atoms with Crippen molar-refractivity contribution in [3.8, 4) is 5.75 Å². The van der Waals surface area contributed by atoms with Crippen LogP contribution in [-0.2, 0) is 10.0 Å². The second-order valence-electron chi connectivity index (χ2n) is 10.0. The van der Waals surface area contributed by atoms with Crippen LogP contribution in [0.25, 0.3) is 0 Å². The van der Waals surface area contributed by atoms with Crippen molar-refractivity contribution in [2.75, 3.05) is 32.5 Å². The fraction of sp³-hybridized carbons (Fsp3) is 0.696. The molecule has 0 bridgehead atoms. The highest BCUT2D eigenvalue weighted by Gasteiger charge is 2.49. The summed E-state index contributed by atoms with van der Waals surface area (Å²) in [5.41, 5.74) is 0.238. The monoisotopic (exact) mass is 573 g/mol. The fourth-order valence-electron chi connectivity index (χ4n) is 4.84. The lowest BCUT2D eigenvalue weighted by Gasteiger charge is -2.46. The van der Waals surface area contributed by atoms with E-state index in [9.17, 15) is 35.2 Å². The molecule has 2 saturated heterocycles. The van der Waals surface area contributed by atoms with Gasteiger partial charge in [-0.3, -0.25) is 4.79 Å². The first kappa shape index (κ1) is 28.3. The Labute approximate surface area is 217 Å². The SMILES string of the molecule is CS(=O)(=O)NC(=O)c1cc(C2CC2)c(OCC2CCN(N3CC(C(F)(F)F)CC(Cl)C3F)CC2)cc1F. The number of hydrogen-bond donors (Lipinski definition) is 1. The summed E-state index contributed by atoms with van der Waals surface area (Å²) in [6, 6.07) is 2.40. The Morgan fingerprint density at radius 1 is 1.19 bits per heavy atom. The predicted octanol–water partition coefficient (Wildman–Crippen LogP) is 4.19. The Bertz CT molecular complexity index is 1110. The topological polar surface area (TPSA) is 78.9 Å². The van der Waals surface area contributed by atoms with Gasteiger partial charge in [-0.25, -0.2) is 31.9 Å². The molecule has 14 heteroatoms. The first-order chi connectivity index (χ1) is 17.2. The number of halogens is 6. The zero-order valence-electron chi connectivity index (χ0n) is 20.1. The van der Waals surface area contributed by atoms with Crippen LogP contribution in [0.5, 0.6) is 5.75 Å². The van der Waals surface area contributed by atoms with Crippen molar-refractivity contribution < 1.29 is 39.9 Å². The number of piperidine rings is 2. The summed E-state index contributed by atoms with van der Waals surface area (Å²) >= 11 is 5.90. The third-order valence-electron chi connectivity index (χ3n) is 7.03. The highest BCUT2D eigenvalue weighted by atomic mass is 35.5. The summed E-state index contributed by atoms with van der Waals surface area (Å²) in [7, 11) is -3.86. The molecule has 3 fully saturated rings. The van der Waals surface area contributed by atoms with Gasteiger partial charge in [0.05, 0.1) is 29.7 Å². The molecule has 1 aromatic carbocycles. The molecule has 3 atom stereocenters. The third-order valence-corrected chi connectivity index (χ3v) is 7.97. The quantitative estimate of drug-likeness (QED) is 0.299. The summed E-state index contributed by atoms with van der Waals surface area (Å²) < 4.78 is 99.5. The average Bonchev–Trinajstić information content (AvgIpc) is 3.63. The number of ether oxygens (including phenoxy) is 1. The molecule has 0 aromatic heterocycles. The van der Waals surface area contributed by atoms with E-state index in [1.54, 1.807) is 9.73 Å². The van der Waals surface area contributed by atoms with E-state index in [0.717, 1.165) is 30.2 Å². The van der Waals surface area contributed by atoms with E-state index in [0.29, 0.717) is 31.5 Å². The zero-order chi connectivity index (χ0) is 27.1. The van der Waals surface area contributed by atoms with Crippen molar-refractivity contribution in [3.63, 3.8) is 0 Å². The largest absolute Gasteiger partial charge is 0.493 e. The van der Waals surface area contributed by atoms with Crippen LogP contribution in [0.1, 0.15) is 53.9 Å². The van der Waals surface area contributed by atoms with Crippen LogP contribution in [-0.4, -0.2) is 74.7 Å².